The van der Waals surface area contributed by atoms with Crippen molar-refractivity contribution in [1.29, 1.82) is 0 Å². The molecule has 1 N–H and O–H groups in total. The number of hydrogen-bond donors (Lipinski definition) is 1. The van der Waals surface area contributed by atoms with Crippen LogP contribution in [0.1, 0.15) is 26.7 Å². The Hall–Kier alpha value is -3.13. The number of hydrogen-bond acceptors (Lipinski definition) is 6. The molecule has 0 saturated carbocycles. The summed E-state index contributed by atoms with van der Waals surface area (Å²) in [6.45, 7) is 4.27. The van der Waals surface area contributed by atoms with Crippen LogP contribution < -0.4 is 14.4 Å². The summed E-state index contributed by atoms with van der Waals surface area (Å²) in [5.41, 5.74) is 0. The van der Waals surface area contributed by atoms with Gasteiger partial charge in [0.1, 0.15) is 11.6 Å². The highest BCUT2D eigenvalue weighted by atomic mass is 32.2. The Morgan fingerprint density at radius 3 is 2.17 bits per heavy atom. The first kappa shape index (κ1) is 20.2. The number of rotatable bonds is 6. The van der Waals surface area contributed by atoms with Crippen LogP contribution >= 0.6 is 0 Å². The van der Waals surface area contributed by atoms with Crippen LogP contribution in [0, 0.1) is 0 Å². The Labute approximate surface area is 176 Å². The lowest BCUT2D eigenvalue weighted by Gasteiger charge is -2.28. The summed E-state index contributed by atoms with van der Waals surface area (Å²) in [4.78, 5) is 11.1. The summed E-state index contributed by atoms with van der Waals surface area (Å²) in [5.74, 6) is 1.51. The molecule has 4 rings (SSSR count). The molecule has 0 amide bonds. The zero-order valence-corrected chi connectivity index (χ0v) is 17.7. The van der Waals surface area contributed by atoms with Crippen LogP contribution in [0.3, 0.4) is 0 Å². The Morgan fingerprint density at radius 2 is 1.53 bits per heavy atom. The van der Waals surface area contributed by atoms with Crippen molar-refractivity contribution >= 4 is 21.8 Å². The fraction of sp³-hybridized carbons (Fsp3) is 0.273. The Kier molecular flexibility index (Phi) is 5.59. The summed E-state index contributed by atoms with van der Waals surface area (Å²) in [6.07, 6.45) is 2.09. The van der Waals surface area contributed by atoms with Crippen LogP contribution in [0.15, 0.2) is 71.6 Å². The third kappa shape index (κ3) is 4.38. The maximum atomic E-state index is 12.8. The van der Waals surface area contributed by atoms with E-state index in [4.69, 9.17) is 4.74 Å². The van der Waals surface area contributed by atoms with Crippen LogP contribution in [-0.2, 0) is 10.0 Å². The van der Waals surface area contributed by atoms with Gasteiger partial charge < -0.3 is 9.64 Å². The summed E-state index contributed by atoms with van der Waals surface area (Å²) in [7, 11) is -3.82. The molecule has 0 spiro atoms. The van der Waals surface area contributed by atoms with Gasteiger partial charge in [0.2, 0.25) is 11.8 Å². The Balaban J connectivity index is 1.72. The maximum absolute atomic E-state index is 12.8. The molecule has 1 aromatic heterocycles. The van der Waals surface area contributed by atoms with Crippen LogP contribution in [0.4, 0.5) is 11.8 Å². The molecular formula is C22H24N4O3S. The summed E-state index contributed by atoms with van der Waals surface area (Å²) in [6, 6.07) is 19.7. The van der Waals surface area contributed by atoms with Crippen LogP contribution in [0.5, 0.6) is 11.6 Å². The normalized spacial score (nSPS) is 18.9. The van der Waals surface area contributed by atoms with E-state index in [0.29, 0.717) is 11.6 Å². The summed E-state index contributed by atoms with van der Waals surface area (Å²) in [5, 5.41) is 0. The summed E-state index contributed by atoms with van der Waals surface area (Å²) >= 11 is 0. The Morgan fingerprint density at radius 1 is 0.933 bits per heavy atom. The molecule has 7 nitrogen and oxygen atoms in total. The number of anilines is 2. The molecule has 1 fully saturated rings. The SMILES string of the molecule is CC1CCC(C)N1c1cc(Oc2ccccc2)nc(NS(=O)(=O)c2ccccc2)n1. The minimum absolute atomic E-state index is 0.0198. The molecule has 3 aromatic rings. The van der Waals surface area contributed by atoms with Gasteiger partial charge in [-0.05, 0) is 51.0 Å². The molecule has 1 saturated heterocycles. The van der Waals surface area contributed by atoms with Crippen LogP contribution in [0.25, 0.3) is 0 Å². The van der Waals surface area contributed by atoms with Crippen molar-refractivity contribution in [2.24, 2.45) is 0 Å². The molecule has 0 radical (unpaired) electrons. The molecule has 2 unspecified atom stereocenters. The van der Waals surface area contributed by atoms with Gasteiger partial charge in [-0.1, -0.05) is 36.4 Å². The second kappa shape index (κ2) is 8.31. The van der Waals surface area contributed by atoms with E-state index in [1.165, 1.54) is 12.1 Å². The van der Waals surface area contributed by atoms with E-state index in [-0.39, 0.29) is 28.8 Å². The predicted octanol–water partition coefficient (Wildman–Crippen LogP) is 4.45. The van der Waals surface area contributed by atoms with Gasteiger partial charge in [0.05, 0.1) is 4.90 Å². The second-order valence-electron chi connectivity index (χ2n) is 7.40. The largest absolute Gasteiger partial charge is 0.439 e. The van der Waals surface area contributed by atoms with Crippen molar-refractivity contribution in [3.05, 3.63) is 66.7 Å². The molecule has 2 heterocycles. The number of nitrogens with one attached hydrogen (secondary N) is 1. The highest BCUT2D eigenvalue weighted by molar-refractivity contribution is 7.92. The van der Waals surface area contributed by atoms with Gasteiger partial charge >= 0.3 is 0 Å². The molecular weight excluding hydrogens is 400 g/mol. The lowest BCUT2D eigenvalue weighted by Crippen LogP contribution is -2.33. The number of aromatic nitrogens is 2. The van der Waals surface area contributed by atoms with E-state index in [1.54, 1.807) is 24.3 Å². The van der Waals surface area contributed by atoms with Gasteiger partial charge in [-0.3, -0.25) is 0 Å². The number of para-hydroxylation sites is 1. The fourth-order valence-electron chi connectivity index (χ4n) is 3.68. The van der Waals surface area contributed by atoms with Gasteiger partial charge in [0, 0.05) is 18.2 Å². The van der Waals surface area contributed by atoms with Crippen LogP contribution in [-0.4, -0.2) is 30.5 Å². The third-order valence-electron chi connectivity index (χ3n) is 5.15. The van der Waals surface area contributed by atoms with E-state index in [9.17, 15) is 8.42 Å². The molecule has 8 heteroatoms. The van der Waals surface area contributed by atoms with Gasteiger partial charge in [-0.25, -0.2) is 13.1 Å². The van der Waals surface area contributed by atoms with Crippen molar-refractivity contribution in [3.63, 3.8) is 0 Å². The van der Waals surface area contributed by atoms with Gasteiger partial charge in [0.15, 0.2) is 0 Å². The number of ether oxygens (including phenoxy) is 1. The number of nitrogens with zero attached hydrogens (tertiary/aromatic N) is 3. The molecule has 0 bridgehead atoms. The van der Waals surface area contributed by atoms with Crippen molar-refractivity contribution in [1.82, 2.24) is 9.97 Å². The minimum Gasteiger partial charge on any atom is -0.439 e. The van der Waals surface area contributed by atoms with E-state index in [0.717, 1.165) is 12.8 Å². The Bertz CT molecular complexity index is 1100. The van der Waals surface area contributed by atoms with Crippen molar-refractivity contribution in [2.75, 3.05) is 9.62 Å². The molecule has 1 aliphatic heterocycles. The van der Waals surface area contributed by atoms with Crippen molar-refractivity contribution in [2.45, 2.75) is 43.7 Å². The molecule has 2 aromatic carbocycles. The molecule has 0 aliphatic carbocycles. The summed E-state index contributed by atoms with van der Waals surface area (Å²) < 4.78 is 34.0. The number of sulfonamides is 1. The fourth-order valence-corrected chi connectivity index (χ4v) is 4.64. The van der Waals surface area contributed by atoms with Gasteiger partial charge in [-0.2, -0.15) is 9.97 Å². The lowest BCUT2D eigenvalue weighted by molar-refractivity contribution is 0.462. The lowest BCUT2D eigenvalue weighted by atomic mass is 10.2. The molecule has 1 aliphatic rings. The van der Waals surface area contributed by atoms with Gasteiger partial charge in [0.25, 0.3) is 10.0 Å². The average molecular weight is 425 g/mol. The number of benzene rings is 2. The predicted molar refractivity (Wildman–Crippen MR) is 116 cm³/mol. The minimum atomic E-state index is -3.82. The topological polar surface area (TPSA) is 84.4 Å². The first-order valence-electron chi connectivity index (χ1n) is 9.90. The first-order valence-corrected chi connectivity index (χ1v) is 11.4. The van der Waals surface area contributed by atoms with Crippen LogP contribution in [0.2, 0.25) is 0 Å². The van der Waals surface area contributed by atoms with Crippen molar-refractivity contribution < 1.29 is 13.2 Å². The van der Waals surface area contributed by atoms with E-state index < -0.39 is 10.0 Å². The third-order valence-corrected chi connectivity index (χ3v) is 6.49. The first-order chi connectivity index (χ1) is 14.4. The average Bonchev–Trinajstić information content (AvgIpc) is 3.07. The van der Waals surface area contributed by atoms with Gasteiger partial charge in [-0.15, -0.1) is 0 Å². The van der Waals surface area contributed by atoms with E-state index in [1.807, 2.05) is 30.3 Å². The smallest absolute Gasteiger partial charge is 0.264 e. The monoisotopic (exact) mass is 424 g/mol. The second-order valence-corrected chi connectivity index (χ2v) is 9.09. The quantitative estimate of drug-likeness (QED) is 0.629. The zero-order valence-electron chi connectivity index (χ0n) is 16.9. The maximum Gasteiger partial charge on any atom is 0.264 e. The molecule has 156 valence electrons. The highest BCUT2D eigenvalue weighted by Crippen LogP contribution is 2.32. The standard InChI is InChI=1S/C22H24N4O3S/c1-16-13-14-17(2)26(16)20-15-21(29-18-9-5-3-6-10-18)24-22(23-20)25-30(27,28)19-11-7-4-8-12-19/h3-12,15-17H,13-14H2,1-2H3,(H,23,24,25). The molecule has 30 heavy (non-hydrogen) atoms. The zero-order chi connectivity index (χ0) is 21.1. The van der Waals surface area contributed by atoms with E-state index >= 15 is 0 Å². The highest BCUT2D eigenvalue weighted by Gasteiger charge is 2.29. The molecule has 2 atom stereocenters. The van der Waals surface area contributed by atoms with Crippen molar-refractivity contribution in [3.8, 4) is 11.6 Å². The van der Waals surface area contributed by atoms with E-state index in [2.05, 4.69) is 33.4 Å².